The van der Waals surface area contributed by atoms with E-state index in [4.69, 9.17) is 11.6 Å². The second-order valence-electron chi connectivity index (χ2n) is 10.4. The van der Waals surface area contributed by atoms with Crippen LogP contribution < -0.4 is 0 Å². The second-order valence-corrected chi connectivity index (χ2v) is 11.8. The highest BCUT2D eigenvalue weighted by Crippen LogP contribution is 2.32. The van der Waals surface area contributed by atoms with Crippen LogP contribution in [0, 0.1) is 5.92 Å². The quantitative estimate of drug-likeness (QED) is 0.175. The van der Waals surface area contributed by atoms with Crippen molar-refractivity contribution in [1.29, 1.82) is 0 Å². The highest BCUT2D eigenvalue weighted by atomic mass is 35.5. The van der Waals surface area contributed by atoms with E-state index in [2.05, 4.69) is 31.0 Å². The lowest BCUT2D eigenvalue weighted by Gasteiger charge is -2.41. The zero-order valence-corrected chi connectivity index (χ0v) is 25.3. The summed E-state index contributed by atoms with van der Waals surface area (Å²) in [5.41, 5.74) is 1.78. The summed E-state index contributed by atoms with van der Waals surface area (Å²) in [5, 5.41) is 10.3. The van der Waals surface area contributed by atoms with Gasteiger partial charge in [0, 0.05) is 55.0 Å². The average Bonchev–Trinajstić information content (AvgIpc) is 3.39. The van der Waals surface area contributed by atoms with Crippen molar-refractivity contribution in [2.24, 2.45) is 5.92 Å². The molecule has 1 saturated heterocycles. The van der Waals surface area contributed by atoms with E-state index in [1.54, 1.807) is 11.8 Å². The number of carbonyl (C=O) groups is 2. The summed E-state index contributed by atoms with van der Waals surface area (Å²) in [7, 11) is 0. The van der Waals surface area contributed by atoms with Crippen molar-refractivity contribution in [1.82, 2.24) is 24.6 Å². The van der Waals surface area contributed by atoms with Crippen LogP contribution in [0.5, 0.6) is 0 Å². The third-order valence-corrected chi connectivity index (χ3v) is 8.88. The Morgan fingerprint density at radius 2 is 1.77 bits per heavy atom. The number of piperazine rings is 1. The lowest BCUT2D eigenvalue weighted by molar-refractivity contribution is -0.145. The Bertz CT molecular complexity index is 1270. The molecule has 2 aromatic carbocycles. The van der Waals surface area contributed by atoms with Crippen molar-refractivity contribution in [2.75, 3.05) is 25.4 Å². The number of amides is 2. The van der Waals surface area contributed by atoms with Crippen molar-refractivity contribution in [3.8, 4) is 17.1 Å². The molecule has 1 aromatic heterocycles. The topological polar surface area (TPSA) is 71.3 Å². The number of hydrogen-bond donors (Lipinski definition) is 0. The zero-order valence-electron chi connectivity index (χ0n) is 23.8. The van der Waals surface area contributed by atoms with E-state index in [1.807, 2.05) is 69.0 Å². The second kappa shape index (κ2) is 14.7. The van der Waals surface area contributed by atoms with Crippen LogP contribution in [0.25, 0.3) is 17.1 Å². The van der Waals surface area contributed by atoms with Gasteiger partial charge in [0.1, 0.15) is 0 Å². The first kappa shape index (κ1) is 30.1. The molecule has 2 heterocycles. The molecule has 0 N–H and O–H groups in total. The van der Waals surface area contributed by atoms with E-state index in [9.17, 15) is 9.59 Å². The van der Waals surface area contributed by atoms with Crippen LogP contribution in [0.3, 0.4) is 0 Å². The molecule has 1 aliphatic rings. The summed E-state index contributed by atoms with van der Waals surface area (Å²) >= 11 is 8.08. The molecule has 3 aromatic rings. The molecule has 0 aliphatic carbocycles. The molecule has 1 fully saturated rings. The van der Waals surface area contributed by atoms with Gasteiger partial charge in [0.25, 0.3) is 0 Å². The smallest absolute Gasteiger partial charge is 0.226 e. The zero-order chi connectivity index (χ0) is 28.5. The van der Waals surface area contributed by atoms with Gasteiger partial charge in [-0.25, -0.2) is 0 Å². The van der Waals surface area contributed by atoms with Crippen molar-refractivity contribution < 1.29 is 9.59 Å². The Labute approximate surface area is 247 Å². The normalized spacial score (nSPS) is 16.2. The lowest BCUT2D eigenvalue weighted by atomic mass is 9.96. The third kappa shape index (κ3) is 7.26. The Kier molecular flexibility index (Phi) is 11.1. The summed E-state index contributed by atoms with van der Waals surface area (Å²) in [5.74, 6) is 1.93. The van der Waals surface area contributed by atoms with Gasteiger partial charge in [-0.3, -0.25) is 14.2 Å². The number of thioether (sulfide) groups is 1. The fourth-order valence-corrected chi connectivity index (χ4v) is 6.35. The molecular weight excluding hydrogens is 542 g/mol. The van der Waals surface area contributed by atoms with Crippen molar-refractivity contribution in [2.45, 2.75) is 70.5 Å². The van der Waals surface area contributed by atoms with Gasteiger partial charge in [0.05, 0.1) is 5.02 Å². The summed E-state index contributed by atoms with van der Waals surface area (Å²) in [4.78, 5) is 30.1. The minimum absolute atomic E-state index is 0.0444. The monoisotopic (exact) mass is 581 g/mol. The van der Waals surface area contributed by atoms with Crippen LogP contribution in [-0.4, -0.2) is 67.8 Å². The number of unbranched alkanes of at least 4 members (excludes halogenated alkanes) is 1. The predicted molar refractivity (Wildman–Crippen MR) is 163 cm³/mol. The van der Waals surface area contributed by atoms with E-state index in [0.29, 0.717) is 36.9 Å². The van der Waals surface area contributed by atoms with Crippen LogP contribution in [0.2, 0.25) is 5.02 Å². The first-order chi connectivity index (χ1) is 19.4. The van der Waals surface area contributed by atoms with E-state index < -0.39 is 0 Å². The van der Waals surface area contributed by atoms with Crippen LogP contribution in [0.15, 0.2) is 59.8 Å². The number of nitrogens with zero attached hydrogens (tertiary/aromatic N) is 5. The Hall–Kier alpha value is -2.84. The molecule has 0 spiro atoms. The number of para-hydroxylation sites is 1. The molecule has 0 radical (unpaired) electrons. The maximum absolute atomic E-state index is 13.1. The van der Waals surface area contributed by atoms with E-state index in [-0.39, 0.29) is 23.8 Å². The van der Waals surface area contributed by atoms with Gasteiger partial charge in [-0.2, -0.15) is 0 Å². The summed E-state index contributed by atoms with van der Waals surface area (Å²) in [6.07, 6.45) is 5.21. The van der Waals surface area contributed by atoms with Crippen LogP contribution in [-0.2, 0) is 9.59 Å². The Balaban J connectivity index is 1.33. The predicted octanol–water partition coefficient (Wildman–Crippen LogP) is 6.74. The standard InChI is InChI=1S/C31H40ClN5O2S/c1-4-6-13-24(5-2)30(39)36-20-19-35(22-23(36)3)28(38)18-12-21-40-31-34-33-29(26-16-10-11-17-27(26)32)37(31)25-14-8-7-9-15-25/h7-11,14-17,23-24H,4-6,12-13,18-22H2,1-3H3. The van der Waals surface area contributed by atoms with E-state index in [0.717, 1.165) is 54.3 Å². The van der Waals surface area contributed by atoms with Crippen molar-refractivity contribution >= 4 is 35.2 Å². The third-order valence-electron chi connectivity index (χ3n) is 7.54. The van der Waals surface area contributed by atoms with Gasteiger partial charge in [0.15, 0.2) is 11.0 Å². The van der Waals surface area contributed by atoms with Gasteiger partial charge < -0.3 is 9.80 Å². The van der Waals surface area contributed by atoms with Gasteiger partial charge in [-0.05, 0) is 50.5 Å². The Morgan fingerprint density at radius 1 is 1.02 bits per heavy atom. The van der Waals surface area contributed by atoms with Gasteiger partial charge in [-0.1, -0.05) is 80.4 Å². The Morgan fingerprint density at radius 3 is 2.48 bits per heavy atom. The number of halogens is 1. The van der Waals surface area contributed by atoms with Crippen LogP contribution in [0.1, 0.15) is 59.3 Å². The minimum atomic E-state index is 0.0444. The molecular formula is C31H40ClN5O2S. The van der Waals surface area contributed by atoms with Crippen molar-refractivity contribution in [3.63, 3.8) is 0 Å². The average molecular weight is 582 g/mol. The molecule has 9 heteroatoms. The maximum Gasteiger partial charge on any atom is 0.226 e. The molecule has 0 bridgehead atoms. The SMILES string of the molecule is CCCCC(CC)C(=O)N1CCN(C(=O)CCCSc2nnc(-c3ccccc3Cl)n2-c2ccccc2)CC1C. The fourth-order valence-electron chi connectivity index (χ4n) is 5.23. The molecule has 4 rings (SSSR count). The number of rotatable bonds is 12. The van der Waals surface area contributed by atoms with Crippen LogP contribution >= 0.6 is 23.4 Å². The molecule has 2 unspecified atom stereocenters. The minimum Gasteiger partial charge on any atom is -0.339 e. The first-order valence-corrected chi connectivity index (χ1v) is 15.8. The molecule has 214 valence electrons. The van der Waals surface area contributed by atoms with Gasteiger partial charge >= 0.3 is 0 Å². The van der Waals surface area contributed by atoms with Crippen molar-refractivity contribution in [3.05, 3.63) is 59.6 Å². The first-order valence-electron chi connectivity index (χ1n) is 14.4. The molecule has 2 amide bonds. The van der Waals surface area contributed by atoms with E-state index >= 15 is 0 Å². The lowest BCUT2D eigenvalue weighted by Crippen LogP contribution is -2.56. The largest absolute Gasteiger partial charge is 0.339 e. The molecule has 7 nitrogen and oxygen atoms in total. The molecule has 0 saturated carbocycles. The summed E-state index contributed by atoms with van der Waals surface area (Å²) in [6, 6.07) is 17.7. The summed E-state index contributed by atoms with van der Waals surface area (Å²) in [6.45, 7) is 8.15. The molecule has 40 heavy (non-hydrogen) atoms. The van der Waals surface area contributed by atoms with E-state index in [1.165, 1.54) is 0 Å². The number of aromatic nitrogens is 3. The number of benzene rings is 2. The van der Waals surface area contributed by atoms with Crippen LogP contribution in [0.4, 0.5) is 0 Å². The highest BCUT2D eigenvalue weighted by Gasteiger charge is 2.32. The highest BCUT2D eigenvalue weighted by molar-refractivity contribution is 7.99. The number of hydrogen-bond acceptors (Lipinski definition) is 5. The summed E-state index contributed by atoms with van der Waals surface area (Å²) < 4.78 is 2.02. The maximum atomic E-state index is 13.1. The number of carbonyl (C=O) groups excluding carboxylic acids is 2. The molecule has 1 aliphatic heterocycles. The fraction of sp³-hybridized carbons (Fsp3) is 0.484. The van der Waals surface area contributed by atoms with Gasteiger partial charge in [-0.15, -0.1) is 10.2 Å². The molecule has 2 atom stereocenters. The van der Waals surface area contributed by atoms with Gasteiger partial charge in [0.2, 0.25) is 11.8 Å².